The van der Waals surface area contributed by atoms with Crippen LogP contribution in [0.4, 0.5) is 4.79 Å². The number of likely N-dealkylation sites (N-methyl/N-ethyl adjacent to an activating group) is 1. The normalized spacial score (nSPS) is 12.7. The van der Waals surface area contributed by atoms with Gasteiger partial charge in [0.05, 0.1) is 0 Å². The molecule has 5 nitrogen and oxygen atoms in total. The van der Waals surface area contributed by atoms with Gasteiger partial charge in [0.2, 0.25) is 0 Å². The topological polar surface area (TPSA) is 59.5 Å². The summed E-state index contributed by atoms with van der Waals surface area (Å²) in [5.41, 5.74) is 0.581. The lowest BCUT2D eigenvalue weighted by atomic mass is 10.1. The van der Waals surface area contributed by atoms with E-state index in [0.717, 1.165) is 5.69 Å². The monoisotopic (exact) mass is 298 g/mol. The van der Waals surface area contributed by atoms with E-state index in [1.807, 2.05) is 0 Å². The van der Waals surface area contributed by atoms with Gasteiger partial charge >= 0.3 is 6.09 Å². The molecule has 20 heavy (non-hydrogen) atoms. The van der Waals surface area contributed by atoms with Crippen LogP contribution >= 0.6 is 11.6 Å². The molecule has 0 saturated carbocycles. The van der Waals surface area contributed by atoms with Gasteiger partial charge in [-0.05, 0) is 33.8 Å². The smallest absolute Gasteiger partial charge is 0.410 e. The molecule has 0 N–H and O–H groups in total. The lowest BCUT2D eigenvalue weighted by Gasteiger charge is -2.28. The van der Waals surface area contributed by atoms with E-state index in [-0.39, 0.29) is 5.15 Å². The summed E-state index contributed by atoms with van der Waals surface area (Å²) in [6.07, 6.45) is 0.0496. The SMILES string of the molecule is Cc1ccc(C(C=O)N(C)C(=O)OC(C)(C)C)c(Cl)n1. The number of pyridine rings is 1. The molecule has 0 bridgehead atoms. The number of halogens is 1. The van der Waals surface area contributed by atoms with Gasteiger partial charge in [0.15, 0.2) is 0 Å². The quantitative estimate of drug-likeness (QED) is 0.635. The van der Waals surface area contributed by atoms with Gasteiger partial charge in [-0.1, -0.05) is 17.7 Å². The third kappa shape index (κ3) is 4.20. The Labute approximate surface area is 123 Å². The minimum Gasteiger partial charge on any atom is -0.444 e. The van der Waals surface area contributed by atoms with Gasteiger partial charge in [-0.25, -0.2) is 9.78 Å². The highest BCUT2D eigenvalue weighted by Gasteiger charge is 2.27. The maximum atomic E-state index is 12.0. The van der Waals surface area contributed by atoms with E-state index in [0.29, 0.717) is 11.8 Å². The van der Waals surface area contributed by atoms with Gasteiger partial charge in [-0.3, -0.25) is 4.90 Å². The summed E-state index contributed by atoms with van der Waals surface area (Å²) in [5, 5.41) is 0.206. The number of ether oxygens (including phenoxy) is 1. The fourth-order valence-corrected chi connectivity index (χ4v) is 1.89. The maximum absolute atomic E-state index is 12.0. The fourth-order valence-electron chi connectivity index (χ4n) is 1.58. The van der Waals surface area contributed by atoms with Crippen molar-refractivity contribution in [1.82, 2.24) is 9.88 Å². The second kappa shape index (κ2) is 6.22. The number of aldehydes is 1. The first-order valence-corrected chi connectivity index (χ1v) is 6.57. The number of hydrogen-bond acceptors (Lipinski definition) is 4. The number of amides is 1. The van der Waals surface area contributed by atoms with E-state index >= 15 is 0 Å². The molecule has 1 aromatic rings. The van der Waals surface area contributed by atoms with Crippen molar-refractivity contribution >= 4 is 24.0 Å². The summed E-state index contributed by atoms with van der Waals surface area (Å²) < 4.78 is 5.23. The number of rotatable bonds is 3. The van der Waals surface area contributed by atoms with Crippen molar-refractivity contribution in [1.29, 1.82) is 0 Å². The predicted octanol–water partition coefficient (Wildman–Crippen LogP) is 3.15. The van der Waals surface area contributed by atoms with E-state index in [9.17, 15) is 9.59 Å². The van der Waals surface area contributed by atoms with Gasteiger partial charge < -0.3 is 9.53 Å². The summed E-state index contributed by atoms with van der Waals surface area (Å²) in [6, 6.07) is 2.59. The molecule has 0 aliphatic carbocycles. The Morgan fingerprint density at radius 1 is 1.45 bits per heavy atom. The van der Waals surface area contributed by atoms with Crippen LogP contribution in [-0.4, -0.2) is 34.9 Å². The first kappa shape index (κ1) is 16.4. The molecular formula is C14H19ClN2O3. The lowest BCUT2D eigenvalue weighted by Crippen LogP contribution is -2.37. The summed E-state index contributed by atoms with van der Waals surface area (Å²) >= 11 is 6.04. The van der Waals surface area contributed by atoms with Gasteiger partial charge in [0.25, 0.3) is 0 Å². The number of carbonyl (C=O) groups is 2. The molecule has 1 atom stereocenters. The molecule has 110 valence electrons. The third-order valence-corrected chi connectivity index (χ3v) is 2.87. The van der Waals surface area contributed by atoms with Crippen LogP contribution < -0.4 is 0 Å². The molecule has 1 rings (SSSR count). The standard InChI is InChI=1S/C14H19ClN2O3/c1-9-6-7-10(12(15)16-9)11(8-18)17(5)13(19)20-14(2,3)4/h6-8,11H,1-5H3. The van der Waals surface area contributed by atoms with Gasteiger partial charge in [-0.2, -0.15) is 0 Å². The molecule has 1 unspecified atom stereocenters. The highest BCUT2D eigenvalue weighted by molar-refractivity contribution is 6.30. The van der Waals surface area contributed by atoms with E-state index in [1.54, 1.807) is 39.8 Å². The van der Waals surface area contributed by atoms with Crippen molar-refractivity contribution < 1.29 is 14.3 Å². The summed E-state index contributed by atoms with van der Waals surface area (Å²) in [7, 11) is 1.49. The summed E-state index contributed by atoms with van der Waals surface area (Å²) in [4.78, 5) is 28.6. The van der Waals surface area contributed by atoms with Crippen molar-refractivity contribution in [2.24, 2.45) is 0 Å². The highest BCUT2D eigenvalue weighted by Crippen LogP contribution is 2.25. The second-order valence-electron chi connectivity index (χ2n) is 5.50. The van der Waals surface area contributed by atoms with Crippen molar-refractivity contribution in [3.8, 4) is 0 Å². The summed E-state index contributed by atoms with van der Waals surface area (Å²) in [6.45, 7) is 7.07. The minimum absolute atomic E-state index is 0.206. The van der Waals surface area contributed by atoms with Crippen molar-refractivity contribution in [2.75, 3.05) is 7.05 Å². The zero-order valence-corrected chi connectivity index (χ0v) is 13.1. The number of hydrogen-bond donors (Lipinski definition) is 0. The summed E-state index contributed by atoms with van der Waals surface area (Å²) in [5.74, 6) is 0. The van der Waals surface area contributed by atoms with Crippen LogP contribution in [0.2, 0.25) is 5.15 Å². The number of aromatic nitrogens is 1. The van der Waals surface area contributed by atoms with E-state index in [1.165, 1.54) is 11.9 Å². The average molecular weight is 299 g/mol. The van der Waals surface area contributed by atoms with E-state index in [2.05, 4.69) is 4.98 Å². The molecule has 1 heterocycles. The predicted molar refractivity (Wildman–Crippen MR) is 76.8 cm³/mol. The first-order chi connectivity index (χ1) is 9.15. The van der Waals surface area contributed by atoms with Gasteiger partial charge in [0.1, 0.15) is 23.1 Å². The van der Waals surface area contributed by atoms with Crippen LogP contribution in [0.3, 0.4) is 0 Å². The zero-order valence-electron chi connectivity index (χ0n) is 12.3. The van der Waals surface area contributed by atoms with Crippen LogP contribution in [0.25, 0.3) is 0 Å². The van der Waals surface area contributed by atoms with Gasteiger partial charge in [-0.15, -0.1) is 0 Å². The average Bonchev–Trinajstić information content (AvgIpc) is 2.30. The zero-order chi connectivity index (χ0) is 15.5. The minimum atomic E-state index is -0.828. The fraction of sp³-hybridized carbons (Fsp3) is 0.500. The third-order valence-electron chi connectivity index (χ3n) is 2.56. The van der Waals surface area contributed by atoms with Crippen molar-refractivity contribution in [3.05, 3.63) is 28.5 Å². The Balaban J connectivity index is 3.01. The molecule has 0 fully saturated rings. The lowest BCUT2D eigenvalue weighted by molar-refractivity contribution is -0.112. The maximum Gasteiger partial charge on any atom is 0.410 e. The van der Waals surface area contributed by atoms with Crippen LogP contribution in [0, 0.1) is 6.92 Å². The largest absolute Gasteiger partial charge is 0.444 e. The molecule has 0 aliphatic rings. The number of carbonyl (C=O) groups excluding carboxylic acids is 2. The Bertz CT molecular complexity index is 512. The molecule has 0 spiro atoms. The molecule has 0 saturated heterocycles. The van der Waals surface area contributed by atoms with Gasteiger partial charge in [0, 0.05) is 18.3 Å². The molecule has 0 radical (unpaired) electrons. The Hall–Kier alpha value is -1.62. The number of nitrogens with zero attached hydrogens (tertiary/aromatic N) is 2. The van der Waals surface area contributed by atoms with Crippen molar-refractivity contribution in [2.45, 2.75) is 39.3 Å². The molecule has 0 aromatic carbocycles. The first-order valence-electron chi connectivity index (χ1n) is 6.20. The molecule has 6 heteroatoms. The molecule has 1 amide bonds. The van der Waals surface area contributed by atoms with Crippen LogP contribution in [0.1, 0.15) is 38.1 Å². The Morgan fingerprint density at radius 3 is 2.50 bits per heavy atom. The Kier molecular flexibility index (Phi) is 5.11. The van der Waals surface area contributed by atoms with E-state index < -0.39 is 17.7 Å². The molecule has 0 aliphatic heterocycles. The Morgan fingerprint density at radius 2 is 2.05 bits per heavy atom. The van der Waals surface area contributed by atoms with Crippen LogP contribution in [-0.2, 0) is 9.53 Å². The second-order valence-corrected chi connectivity index (χ2v) is 5.86. The molecule has 1 aromatic heterocycles. The van der Waals surface area contributed by atoms with E-state index in [4.69, 9.17) is 16.3 Å². The van der Waals surface area contributed by atoms with Crippen LogP contribution in [0.15, 0.2) is 12.1 Å². The van der Waals surface area contributed by atoms with Crippen LogP contribution in [0.5, 0.6) is 0 Å². The number of aryl methyl sites for hydroxylation is 1. The highest BCUT2D eigenvalue weighted by atomic mass is 35.5. The molecular weight excluding hydrogens is 280 g/mol. The van der Waals surface area contributed by atoms with Crippen molar-refractivity contribution in [3.63, 3.8) is 0 Å².